The van der Waals surface area contributed by atoms with E-state index < -0.39 is 0 Å². The molecule has 2 atom stereocenters. The SMILES string of the molecule is Cc1ccc(C)c([C@H]2C[C@H](C)CN2)c1. The molecule has 0 radical (unpaired) electrons. The molecule has 1 heteroatoms. The lowest BCUT2D eigenvalue weighted by Gasteiger charge is -2.14. The Bertz CT molecular complexity index is 330. The van der Waals surface area contributed by atoms with Gasteiger partial charge >= 0.3 is 0 Å². The van der Waals surface area contributed by atoms with E-state index in [9.17, 15) is 0 Å². The van der Waals surface area contributed by atoms with Gasteiger partial charge in [0, 0.05) is 6.04 Å². The fourth-order valence-electron chi connectivity index (χ4n) is 2.28. The van der Waals surface area contributed by atoms with Crippen LogP contribution in [-0.2, 0) is 0 Å². The molecule has 0 saturated carbocycles. The minimum absolute atomic E-state index is 0.588. The summed E-state index contributed by atoms with van der Waals surface area (Å²) >= 11 is 0. The third-order valence-corrected chi connectivity index (χ3v) is 3.16. The molecular formula is C13H19N. The number of rotatable bonds is 1. The van der Waals surface area contributed by atoms with Crippen LogP contribution in [0.5, 0.6) is 0 Å². The number of aryl methyl sites for hydroxylation is 2. The zero-order valence-corrected chi connectivity index (χ0v) is 9.30. The lowest BCUT2D eigenvalue weighted by atomic mass is 9.96. The van der Waals surface area contributed by atoms with Gasteiger partial charge in [0.1, 0.15) is 0 Å². The van der Waals surface area contributed by atoms with Crippen LogP contribution >= 0.6 is 0 Å². The van der Waals surface area contributed by atoms with Gasteiger partial charge in [-0.3, -0.25) is 0 Å². The first-order chi connectivity index (χ1) is 6.66. The monoisotopic (exact) mass is 189 g/mol. The van der Waals surface area contributed by atoms with E-state index in [1.54, 1.807) is 0 Å². The van der Waals surface area contributed by atoms with Gasteiger partial charge in [0.15, 0.2) is 0 Å². The molecule has 76 valence electrons. The Hall–Kier alpha value is -0.820. The molecule has 1 N–H and O–H groups in total. The maximum absolute atomic E-state index is 3.59. The van der Waals surface area contributed by atoms with Gasteiger partial charge in [-0.2, -0.15) is 0 Å². The fraction of sp³-hybridized carbons (Fsp3) is 0.538. The zero-order chi connectivity index (χ0) is 10.1. The van der Waals surface area contributed by atoms with Gasteiger partial charge in [-0.15, -0.1) is 0 Å². The van der Waals surface area contributed by atoms with Gasteiger partial charge in [0.25, 0.3) is 0 Å². The molecular weight excluding hydrogens is 170 g/mol. The van der Waals surface area contributed by atoms with Crippen LogP contribution in [0.4, 0.5) is 0 Å². The van der Waals surface area contributed by atoms with Gasteiger partial charge < -0.3 is 5.32 Å². The molecule has 14 heavy (non-hydrogen) atoms. The first-order valence-electron chi connectivity index (χ1n) is 5.47. The van der Waals surface area contributed by atoms with Crippen LogP contribution in [0.1, 0.15) is 36.1 Å². The molecule has 1 heterocycles. The molecule has 1 fully saturated rings. The average Bonchev–Trinajstić information content (AvgIpc) is 2.56. The highest BCUT2D eigenvalue weighted by molar-refractivity contribution is 5.33. The molecule has 0 spiro atoms. The van der Waals surface area contributed by atoms with Crippen LogP contribution in [0.2, 0.25) is 0 Å². The van der Waals surface area contributed by atoms with Crippen LogP contribution in [0, 0.1) is 19.8 Å². The van der Waals surface area contributed by atoms with Crippen molar-refractivity contribution in [1.29, 1.82) is 0 Å². The normalized spacial score (nSPS) is 26.8. The van der Waals surface area contributed by atoms with Crippen molar-refractivity contribution in [3.8, 4) is 0 Å². The number of nitrogens with one attached hydrogen (secondary N) is 1. The first-order valence-corrected chi connectivity index (χ1v) is 5.47. The third kappa shape index (κ3) is 1.83. The topological polar surface area (TPSA) is 12.0 Å². The van der Waals surface area contributed by atoms with E-state index in [1.807, 2.05) is 0 Å². The number of hydrogen-bond acceptors (Lipinski definition) is 1. The van der Waals surface area contributed by atoms with E-state index in [2.05, 4.69) is 44.3 Å². The van der Waals surface area contributed by atoms with E-state index >= 15 is 0 Å². The average molecular weight is 189 g/mol. The maximum atomic E-state index is 3.59. The molecule has 0 amide bonds. The molecule has 1 aliphatic rings. The van der Waals surface area contributed by atoms with Gasteiger partial charge in [-0.05, 0) is 43.9 Å². The van der Waals surface area contributed by atoms with E-state index in [0.29, 0.717) is 6.04 Å². The second kappa shape index (κ2) is 3.74. The standard InChI is InChI=1S/C13H19N/c1-9-4-5-11(3)12(6-9)13-7-10(2)8-14-13/h4-6,10,13-14H,7-8H2,1-3H3/t10-,13+/m0/s1. The minimum atomic E-state index is 0.588. The summed E-state index contributed by atoms with van der Waals surface area (Å²) in [7, 11) is 0. The van der Waals surface area contributed by atoms with Crippen molar-refractivity contribution in [3.63, 3.8) is 0 Å². The Labute approximate surface area is 86.5 Å². The van der Waals surface area contributed by atoms with Crippen molar-refractivity contribution in [3.05, 3.63) is 34.9 Å². The van der Waals surface area contributed by atoms with Crippen molar-refractivity contribution >= 4 is 0 Å². The molecule has 0 aliphatic carbocycles. The highest BCUT2D eigenvalue weighted by Gasteiger charge is 2.22. The first kappa shape index (κ1) is 9.72. The Morgan fingerprint density at radius 1 is 1.29 bits per heavy atom. The van der Waals surface area contributed by atoms with Crippen molar-refractivity contribution in [1.82, 2.24) is 5.32 Å². The molecule has 0 aromatic heterocycles. The fourth-order valence-corrected chi connectivity index (χ4v) is 2.28. The highest BCUT2D eigenvalue weighted by atomic mass is 14.9. The van der Waals surface area contributed by atoms with E-state index in [-0.39, 0.29) is 0 Å². The molecule has 0 unspecified atom stereocenters. The quantitative estimate of drug-likeness (QED) is 0.716. The van der Waals surface area contributed by atoms with Gasteiger partial charge in [-0.1, -0.05) is 30.7 Å². The molecule has 1 saturated heterocycles. The summed E-state index contributed by atoms with van der Waals surface area (Å²) in [5.74, 6) is 0.819. The maximum Gasteiger partial charge on any atom is 0.0326 e. The summed E-state index contributed by atoms with van der Waals surface area (Å²) in [6.07, 6.45) is 1.28. The largest absolute Gasteiger partial charge is 0.310 e. The molecule has 1 aromatic rings. The molecule has 2 rings (SSSR count). The van der Waals surface area contributed by atoms with Crippen LogP contribution < -0.4 is 5.32 Å². The number of benzene rings is 1. The summed E-state index contributed by atoms with van der Waals surface area (Å²) in [6, 6.07) is 7.34. The highest BCUT2D eigenvalue weighted by Crippen LogP contribution is 2.29. The lowest BCUT2D eigenvalue weighted by molar-refractivity contribution is 0.609. The minimum Gasteiger partial charge on any atom is -0.310 e. The van der Waals surface area contributed by atoms with Gasteiger partial charge in [0.2, 0.25) is 0 Å². The second-order valence-corrected chi connectivity index (χ2v) is 4.66. The predicted molar refractivity (Wildman–Crippen MR) is 60.4 cm³/mol. The Kier molecular flexibility index (Phi) is 2.60. The summed E-state index contributed by atoms with van der Waals surface area (Å²) in [6.45, 7) is 7.86. The van der Waals surface area contributed by atoms with Crippen LogP contribution in [0.3, 0.4) is 0 Å². The van der Waals surface area contributed by atoms with E-state index in [0.717, 1.165) is 12.5 Å². The van der Waals surface area contributed by atoms with Crippen LogP contribution in [-0.4, -0.2) is 6.54 Å². The van der Waals surface area contributed by atoms with Crippen molar-refractivity contribution in [2.45, 2.75) is 33.2 Å². The second-order valence-electron chi connectivity index (χ2n) is 4.66. The third-order valence-electron chi connectivity index (χ3n) is 3.16. The molecule has 1 aromatic carbocycles. The molecule has 0 bridgehead atoms. The van der Waals surface area contributed by atoms with E-state index in [4.69, 9.17) is 0 Å². The van der Waals surface area contributed by atoms with Crippen molar-refractivity contribution in [2.24, 2.45) is 5.92 Å². The van der Waals surface area contributed by atoms with Crippen molar-refractivity contribution in [2.75, 3.05) is 6.54 Å². The lowest BCUT2D eigenvalue weighted by Crippen LogP contribution is -2.14. The van der Waals surface area contributed by atoms with Crippen molar-refractivity contribution < 1.29 is 0 Å². The summed E-state index contributed by atoms with van der Waals surface area (Å²) in [5, 5.41) is 3.59. The molecule has 1 aliphatic heterocycles. The predicted octanol–water partition coefficient (Wildman–Crippen LogP) is 2.97. The Morgan fingerprint density at radius 3 is 2.71 bits per heavy atom. The van der Waals surface area contributed by atoms with Gasteiger partial charge in [-0.25, -0.2) is 0 Å². The van der Waals surface area contributed by atoms with E-state index in [1.165, 1.54) is 23.1 Å². The Morgan fingerprint density at radius 2 is 2.07 bits per heavy atom. The molecule has 1 nitrogen and oxygen atoms in total. The zero-order valence-electron chi connectivity index (χ0n) is 9.30. The summed E-state index contributed by atoms with van der Waals surface area (Å²) in [4.78, 5) is 0. The Balaban J connectivity index is 2.27. The summed E-state index contributed by atoms with van der Waals surface area (Å²) in [5.41, 5.74) is 4.28. The van der Waals surface area contributed by atoms with Crippen LogP contribution in [0.25, 0.3) is 0 Å². The smallest absolute Gasteiger partial charge is 0.0326 e. The summed E-state index contributed by atoms with van der Waals surface area (Å²) < 4.78 is 0. The number of hydrogen-bond donors (Lipinski definition) is 1. The van der Waals surface area contributed by atoms with Gasteiger partial charge in [0.05, 0.1) is 0 Å². The van der Waals surface area contributed by atoms with Crippen LogP contribution in [0.15, 0.2) is 18.2 Å².